The van der Waals surface area contributed by atoms with Gasteiger partial charge in [-0.25, -0.2) is 0 Å². The van der Waals surface area contributed by atoms with Crippen LogP contribution in [0.4, 0.5) is 0 Å². The average molecular weight is 483 g/mol. The van der Waals surface area contributed by atoms with Gasteiger partial charge in [0.2, 0.25) is 0 Å². The molecule has 0 spiro atoms. The van der Waals surface area contributed by atoms with Crippen LogP contribution < -0.4 is 15.5 Å². The van der Waals surface area contributed by atoms with Crippen molar-refractivity contribution in [1.82, 2.24) is 5.32 Å². The van der Waals surface area contributed by atoms with Crippen LogP contribution in [0.1, 0.15) is 57.7 Å². The Kier molecular flexibility index (Phi) is 8.04. The topological polar surface area (TPSA) is 39.7 Å². The van der Waals surface area contributed by atoms with Crippen molar-refractivity contribution in [2.75, 3.05) is 20.2 Å². The molecule has 3 aromatic carbocycles. The minimum Gasteiger partial charge on any atom is -0.492 e. The SMILES string of the molecule is CC/C(=C(\c1ccc(OCCNC)cc1)c1ccc(B2OC(C)(C)C(C)(C)O2)cc1)c1ccccc1. The lowest BCUT2D eigenvalue weighted by atomic mass is 9.78. The Morgan fingerprint density at radius 1 is 0.778 bits per heavy atom. The zero-order valence-corrected chi connectivity index (χ0v) is 22.4. The summed E-state index contributed by atoms with van der Waals surface area (Å²) in [5.41, 5.74) is 6.41. The molecular formula is C31H38BNO3. The van der Waals surface area contributed by atoms with Gasteiger partial charge in [-0.1, -0.05) is 73.7 Å². The lowest BCUT2D eigenvalue weighted by Crippen LogP contribution is -2.41. The van der Waals surface area contributed by atoms with Crippen molar-refractivity contribution in [3.05, 3.63) is 95.6 Å². The molecule has 1 aliphatic rings. The van der Waals surface area contributed by atoms with Crippen molar-refractivity contribution in [3.63, 3.8) is 0 Å². The van der Waals surface area contributed by atoms with Crippen molar-refractivity contribution in [2.45, 2.75) is 52.2 Å². The van der Waals surface area contributed by atoms with Gasteiger partial charge in [-0.05, 0) is 86.6 Å². The van der Waals surface area contributed by atoms with E-state index in [2.05, 4.69) is 119 Å². The molecule has 0 radical (unpaired) electrons. The monoisotopic (exact) mass is 483 g/mol. The highest BCUT2D eigenvalue weighted by Crippen LogP contribution is 2.37. The molecule has 1 fully saturated rings. The van der Waals surface area contributed by atoms with Gasteiger partial charge in [0, 0.05) is 6.54 Å². The summed E-state index contributed by atoms with van der Waals surface area (Å²) in [4.78, 5) is 0. The van der Waals surface area contributed by atoms with Gasteiger partial charge in [0.05, 0.1) is 11.2 Å². The molecule has 1 N–H and O–H groups in total. The molecule has 3 aromatic rings. The highest BCUT2D eigenvalue weighted by atomic mass is 16.7. The molecule has 4 rings (SSSR count). The number of hydrogen-bond acceptors (Lipinski definition) is 4. The summed E-state index contributed by atoms with van der Waals surface area (Å²) < 4.78 is 18.4. The van der Waals surface area contributed by atoms with E-state index in [1.807, 2.05) is 7.05 Å². The molecule has 5 heteroatoms. The average Bonchev–Trinajstić information content (AvgIpc) is 3.10. The van der Waals surface area contributed by atoms with Crippen molar-refractivity contribution < 1.29 is 14.0 Å². The summed E-state index contributed by atoms with van der Waals surface area (Å²) in [6.07, 6.45) is 0.915. The van der Waals surface area contributed by atoms with E-state index in [0.717, 1.165) is 24.2 Å². The Balaban J connectivity index is 1.71. The van der Waals surface area contributed by atoms with Gasteiger partial charge >= 0.3 is 7.12 Å². The quantitative estimate of drug-likeness (QED) is 0.232. The summed E-state index contributed by atoms with van der Waals surface area (Å²) in [5, 5.41) is 3.11. The second kappa shape index (κ2) is 11.0. The molecule has 0 bridgehead atoms. The molecule has 0 amide bonds. The summed E-state index contributed by atoms with van der Waals surface area (Å²) in [6.45, 7) is 12.0. The number of nitrogens with one attached hydrogen (secondary N) is 1. The second-order valence-electron chi connectivity index (χ2n) is 10.3. The first kappa shape index (κ1) is 26.2. The molecule has 0 atom stereocenters. The Hall–Kier alpha value is -2.86. The number of ether oxygens (including phenoxy) is 1. The maximum atomic E-state index is 6.27. The zero-order chi connectivity index (χ0) is 25.8. The maximum Gasteiger partial charge on any atom is 0.494 e. The lowest BCUT2D eigenvalue weighted by molar-refractivity contribution is 0.00578. The number of rotatable bonds is 9. The fraction of sp³-hybridized carbons (Fsp3) is 0.355. The fourth-order valence-corrected chi connectivity index (χ4v) is 4.45. The van der Waals surface area contributed by atoms with Crippen molar-refractivity contribution >= 4 is 23.7 Å². The Morgan fingerprint density at radius 2 is 1.33 bits per heavy atom. The van der Waals surface area contributed by atoms with Gasteiger partial charge in [-0.3, -0.25) is 0 Å². The van der Waals surface area contributed by atoms with Gasteiger partial charge < -0.3 is 19.4 Å². The molecule has 1 aliphatic heterocycles. The van der Waals surface area contributed by atoms with Crippen LogP contribution in [0.3, 0.4) is 0 Å². The Bertz CT molecular complexity index is 1150. The van der Waals surface area contributed by atoms with E-state index in [1.165, 1.54) is 27.8 Å². The highest BCUT2D eigenvalue weighted by Gasteiger charge is 2.51. The Morgan fingerprint density at radius 3 is 1.86 bits per heavy atom. The maximum absolute atomic E-state index is 6.27. The summed E-state index contributed by atoms with van der Waals surface area (Å²) in [6, 6.07) is 27.7. The van der Waals surface area contributed by atoms with Crippen molar-refractivity contribution in [3.8, 4) is 5.75 Å². The lowest BCUT2D eigenvalue weighted by Gasteiger charge is -2.32. The van der Waals surface area contributed by atoms with Gasteiger partial charge in [-0.2, -0.15) is 0 Å². The molecule has 188 valence electrons. The third-order valence-corrected chi connectivity index (χ3v) is 7.27. The minimum atomic E-state index is -0.370. The molecule has 0 aliphatic carbocycles. The molecular weight excluding hydrogens is 445 g/mol. The second-order valence-corrected chi connectivity index (χ2v) is 10.3. The van der Waals surface area contributed by atoms with E-state index >= 15 is 0 Å². The summed E-state index contributed by atoms with van der Waals surface area (Å²) >= 11 is 0. The van der Waals surface area contributed by atoms with Crippen LogP contribution in [0.5, 0.6) is 5.75 Å². The summed E-state index contributed by atoms with van der Waals surface area (Å²) in [5.74, 6) is 0.877. The van der Waals surface area contributed by atoms with Gasteiger partial charge in [0.15, 0.2) is 0 Å². The third kappa shape index (κ3) is 5.59. The third-order valence-electron chi connectivity index (χ3n) is 7.27. The number of likely N-dealkylation sites (N-methyl/N-ethyl adjacent to an activating group) is 1. The normalized spacial score (nSPS) is 17.1. The molecule has 1 heterocycles. The van der Waals surface area contributed by atoms with Gasteiger partial charge in [0.25, 0.3) is 0 Å². The van der Waals surface area contributed by atoms with Crippen molar-refractivity contribution in [1.29, 1.82) is 0 Å². The molecule has 0 saturated carbocycles. The summed E-state index contributed by atoms with van der Waals surface area (Å²) in [7, 11) is 1.56. The first-order valence-electron chi connectivity index (χ1n) is 12.9. The van der Waals surface area contributed by atoms with Gasteiger partial charge in [0.1, 0.15) is 12.4 Å². The van der Waals surface area contributed by atoms with Crippen LogP contribution in [-0.4, -0.2) is 38.5 Å². The van der Waals surface area contributed by atoms with E-state index < -0.39 is 0 Å². The van der Waals surface area contributed by atoms with Crippen molar-refractivity contribution in [2.24, 2.45) is 0 Å². The molecule has 36 heavy (non-hydrogen) atoms. The van der Waals surface area contributed by atoms with Crippen LogP contribution in [0.15, 0.2) is 78.9 Å². The smallest absolute Gasteiger partial charge is 0.492 e. The number of benzene rings is 3. The standard InChI is InChI=1S/C31H38BNO3/c1-7-28(23-11-9-8-10-12-23)29(25-15-19-27(20-16-25)34-22-21-33-6)24-13-17-26(18-14-24)32-35-30(2,3)31(4,5)36-32/h8-20,33H,7,21-22H2,1-6H3/b29-28+. The zero-order valence-electron chi connectivity index (χ0n) is 22.4. The minimum absolute atomic E-state index is 0.360. The molecule has 0 unspecified atom stereocenters. The van der Waals surface area contributed by atoms with Crippen LogP contribution in [-0.2, 0) is 9.31 Å². The van der Waals surface area contributed by atoms with E-state index in [9.17, 15) is 0 Å². The largest absolute Gasteiger partial charge is 0.494 e. The van der Waals surface area contributed by atoms with Gasteiger partial charge in [-0.15, -0.1) is 0 Å². The molecule has 4 nitrogen and oxygen atoms in total. The highest BCUT2D eigenvalue weighted by molar-refractivity contribution is 6.62. The van der Waals surface area contributed by atoms with E-state index in [4.69, 9.17) is 14.0 Å². The van der Waals surface area contributed by atoms with Crippen LogP contribution >= 0.6 is 0 Å². The number of hydrogen-bond donors (Lipinski definition) is 1. The Labute approximate surface area is 216 Å². The fourth-order valence-electron chi connectivity index (χ4n) is 4.45. The molecule has 1 saturated heterocycles. The van der Waals surface area contributed by atoms with Crippen LogP contribution in [0, 0.1) is 0 Å². The first-order chi connectivity index (χ1) is 17.3. The predicted octanol–water partition coefficient (Wildman–Crippen LogP) is 5.95. The van der Waals surface area contributed by atoms with Crippen LogP contribution in [0.2, 0.25) is 0 Å². The predicted molar refractivity (Wildman–Crippen MR) is 151 cm³/mol. The van der Waals surface area contributed by atoms with E-state index in [-0.39, 0.29) is 18.3 Å². The van der Waals surface area contributed by atoms with E-state index in [0.29, 0.717) is 6.61 Å². The van der Waals surface area contributed by atoms with Crippen LogP contribution in [0.25, 0.3) is 11.1 Å². The molecule has 0 aromatic heterocycles. The van der Waals surface area contributed by atoms with E-state index in [1.54, 1.807) is 0 Å². The first-order valence-corrected chi connectivity index (χ1v) is 12.9. The number of allylic oxidation sites excluding steroid dienone is 1.